The molecular formula is C14H12N4O. The molecule has 1 N–H and O–H groups in total. The first-order valence-corrected chi connectivity index (χ1v) is 5.87. The van der Waals surface area contributed by atoms with Gasteiger partial charge in [-0.25, -0.2) is 4.98 Å². The van der Waals surface area contributed by atoms with E-state index in [0.29, 0.717) is 5.56 Å². The number of nitrogens with zero attached hydrogens (tertiary/aromatic N) is 3. The third-order valence-corrected chi connectivity index (χ3v) is 2.97. The van der Waals surface area contributed by atoms with E-state index in [9.17, 15) is 4.79 Å². The minimum absolute atomic E-state index is 0.0889. The van der Waals surface area contributed by atoms with Crippen molar-refractivity contribution in [2.75, 3.05) is 11.9 Å². The Hall–Kier alpha value is -2.69. The molecule has 0 aliphatic rings. The third kappa shape index (κ3) is 2.06. The van der Waals surface area contributed by atoms with Crippen molar-refractivity contribution in [2.45, 2.75) is 0 Å². The summed E-state index contributed by atoms with van der Waals surface area (Å²) in [6.07, 6.45) is 4.93. The first-order valence-electron chi connectivity index (χ1n) is 5.87. The lowest BCUT2D eigenvalue weighted by atomic mass is 10.2. The lowest BCUT2D eigenvalue weighted by molar-refractivity contribution is 0.0992. The van der Waals surface area contributed by atoms with Gasteiger partial charge in [-0.3, -0.25) is 14.7 Å². The van der Waals surface area contributed by atoms with Crippen LogP contribution < -0.4 is 4.90 Å². The van der Waals surface area contributed by atoms with Crippen LogP contribution in [-0.4, -0.2) is 27.9 Å². The Kier molecular flexibility index (Phi) is 2.72. The zero-order valence-corrected chi connectivity index (χ0v) is 10.4. The summed E-state index contributed by atoms with van der Waals surface area (Å²) in [7, 11) is 1.73. The number of aromatic amines is 1. The van der Waals surface area contributed by atoms with E-state index in [0.717, 1.165) is 16.9 Å². The van der Waals surface area contributed by atoms with E-state index in [1.54, 1.807) is 42.7 Å². The molecule has 0 fully saturated rings. The molecule has 0 atom stereocenters. The summed E-state index contributed by atoms with van der Waals surface area (Å²) in [6.45, 7) is 0. The number of aromatic nitrogens is 3. The molecular weight excluding hydrogens is 240 g/mol. The molecule has 94 valence electrons. The molecule has 0 aromatic carbocycles. The Morgan fingerprint density at radius 1 is 1.21 bits per heavy atom. The van der Waals surface area contributed by atoms with Gasteiger partial charge in [-0.2, -0.15) is 0 Å². The molecule has 19 heavy (non-hydrogen) atoms. The second-order valence-electron chi connectivity index (χ2n) is 4.20. The van der Waals surface area contributed by atoms with Crippen molar-refractivity contribution in [1.29, 1.82) is 0 Å². The maximum absolute atomic E-state index is 12.3. The SMILES string of the molecule is CN(C(=O)c1ccncc1)c1cc2cccnc2[nH]1. The van der Waals surface area contributed by atoms with Gasteiger partial charge in [-0.15, -0.1) is 0 Å². The molecule has 0 unspecified atom stereocenters. The summed E-state index contributed by atoms with van der Waals surface area (Å²) >= 11 is 0. The maximum atomic E-state index is 12.3. The predicted octanol–water partition coefficient (Wildman–Crippen LogP) is 2.23. The number of carbonyl (C=O) groups is 1. The Labute approximate surface area is 109 Å². The van der Waals surface area contributed by atoms with Crippen LogP contribution in [0.5, 0.6) is 0 Å². The van der Waals surface area contributed by atoms with E-state index in [4.69, 9.17) is 0 Å². The van der Waals surface area contributed by atoms with Gasteiger partial charge in [0, 0.05) is 36.6 Å². The van der Waals surface area contributed by atoms with Gasteiger partial charge in [0.1, 0.15) is 11.5 Å². The zero-order chi connectivity index (χ0) is 13.2. The molecule has 5 heteroatoms. The first kappa shape index (κ1) is 11.4. The van der Waals surface area contributed by atoms with E-state index in [2.05, 4.69) is 15.0 Å². The number of fused-ring (bicyclic) bond motifs is 1. The van der Waals surface area contributed by atoms with Crippen LogP contribution in [0, 0.1) is 0 Å². The second-order valence-corrected chi connectivity index (χ2v) is 4.20. The molecule has 0 bridgehead atoms. The summed E-state index contributed by atoms with van der Waals surface area (Å²) in [5.41, 5.74) is 1.37. The lowest BCUT2D eigenvalue weighted by Crippen LogP contribution is -2.26. The van der Waals surface area contributed by atoms with Gasteiger partial charge < -0.3 is 4.98 Å². The quantitative estimate of drug-likeness (QED) is 0.760. The van der Waals surface area contributed by atoms with E-state index in [1.807, 2.05) is 18.2 Å². The molecule has 3 aromatic heterocycles. The highest BCUT2D eigenvalue weighted by molar-refractivity contribution is 6.06. The summed E-state index contributed by atoms with van der Waals surface area (Å²) in [4.78, 5) is 25.1. The minimum atomic E-state index is -0.0889. The molecule has 3 rings (SSSR count). The molecule has 1 amide bonds. The highest BCUT2D eigenvalue weighted by Gasteiger charge is 2.15. The number of H-pyrrole nitrogens is 1. The number of anilines is 1. The molecule has 0 aliphatic heterocycles. The average molecular weight is 252 g/mol. The van der Waals surface area contributed by atoms with E-state index in [1.165, 1.54) is 0 Å². The summed E-state index contributed by atoms with van der Waals surface area (Å²) in [5.74, 6) is 0.629. The Balaban J connectivity index is 1.95. The van der Waals surface area contributed by atoms with Crippen molar-refractivity contribution in [3.05, 3.63) is 54.5 Å². The normalized spacial score (nSPS) is 10.6. The standard InChI is InChI=1S/C14H12N4O/c1-18(14(19)10-4-7-15-8-5-10)12-9-11-3-2-6-16-13(11)17-12/h2-9H,1H3,(H,16,17). The number of pyridine rings is 2. The number of rotatable bonds is 2. The van der Waals surface area contributed by atoms with Crippen LogP contribution in [0.15, 0.2) is 48.9 Å². The molecule has 0 saturated heterocycles. The fourth-order valence-corrected chi connectivity index (χ4v) is 1.92. The summed E-state index contributed by atoms with van der Waals surface area (Å²) < 4.78 is 0. The fourth-order valence-electron chi connectivity index (χ4n) is 1.92. The highest BCUT2D eigenvalue weighted by Crippen LogP contribution is 2.20. The fraction of sp³-hybridized carbons (Fsp3) is 0.0714. The van der Waals surface area contributed by atoms with Gasteiger partial charge in [0.25, 0.3) is 5.91 Å². The van der Waals surface area contributed by atoms with Gasteiger partial charge in [0.15, 0.2) is 0 Å². The summed E-state index contributed by atoms with van der Waals surface area (Å²) in [6, 6.07) is 9.11. The molecule has 3 heterocycles. The van der Waals surface area contributed by atoms with Gasteiger partial charge in [-0.05, 0) is 30.3 Å². The minimum Gasteiger partial charge on any atom is -0.326 e. The maximum Gasteiger partial charge on any atom is 0.259 e. The Bertz CT molecular complexity index is 687. The Morgan fingerprint density at radius 3 is 2.74 bits per heavy atom. The Morgan fingerprint density at radius 2 is 2.00 bits per heavy atom. The molecule has 5 nitrogen and oxygen atoms in total. The second kappa shape index (κ2) is 4.53. The van der Waals surface area contributed by atoms with Crippen molar-refractivity contribution in [2.24, 2.45) is 0 Å². The van der Waals surface area contributed by atoms with Crippen molar-refractivity contribution in [1.82, 2.24) is 15.0 Å². The zero-order valence-electron chi connectivity index (χ0n) is 10.4. The number of amides is 1. The molecule has 0 saturated carbocycles. The highest BCUT2D eigenvalue weighted by atomic mass is 16.2. The van der Waals surface area contributed by atoms with Crippen molar-refractivity contribution in [3.63, 3.8) is 0 Å². The van der Waals surface area contributed by atoms with Gasteiger partial charge >= 0.3 is 0 Å². The van der Waals surface area contributed by atoms with E-state index in [-0.39, 0.29) is 5.91 Å². The smallest absolute Gasteiger partial charge is 0.259 e. The van der Waals surface area contributed by atoms with E-state index >= 15 is 0 Å². The van der Waals surface area contributed by atoms with Crippen LogP contribution in [0.4, 0.5) is 5.82 Å². The lowest BCUT2D eigenvalue weighted by Gasteiger charge is -2.14. The van der Waals surface area contributed by atoms with Crippen LogP contribution in [0.2, 0.25) is 0 Å². The van der Waals surface area contributed by atoms with Crippen LogP contribution in [-0.2, 0) is 0 Å². The van der Waals surface area contributed by atoms with Crippen molar-refractivity contribution >= 4 is 22.8 Å². The van der Waals surface area contributed by atoms with Crippen LogP contribution in [0.1, 0.15) is 10.4 Å². The number of carbonyl (C=O) groups excluding carboxylic acids is 1. The first-order chi connectivity index (χ1) is 9.25. The number of nitrogens with one attached hydrogen (secondary N) is 1. The number of hydrogen-bond acceptors (Lipinski definition) is 3. The molecule has 0 aliphatic carbocycles. The van der Waals surface area contributed by atoms with Gasteiger partial charge in [0.2, 0.25) is 0 Å². The van der Waals surface area contributed by atoms with Crippen LogP contribution in [0.3, 0.4) is 0 Å². The van der Waals surface area contributed by atoms with Crippen molar-refractivity contribution < 1.29 is 4.79 Å². The predicted molar refractivity (Wildman–Crippen MR) is 73.1 cm³/mol. The van der Waals surface area contributed by atoms with Crippen LogP contribution in [0.25, 0.3) is 11.0 Å². The monoisotopic (exact) mass is 252 g/mol. The topological polar surface area (TPSA) is 61.9 Å². The average Bonchev–Trinajstić information content (AvgIpc) is 2.90. The molecule has 3 aromatic rings. The molecule has 0 radical (unpaired) electrons. The molecule has 0 spiro atoms. The van der Waals surface area contributed by atoms with Gasteiger partial charge in [0.05, 0.1) is 0 Å². The van der Waals surface area contributed by atoms with Crippen molar-refractivity contribution in [3.8, 4) is 0 Å². The van der Waals surface area contributed by atoms with Crippen LogP contribution >= 0.6 is 0 Å². The number of hydrogen-bond donors (Lipinski definition) is 1. The third-order valence-electron chi connectivity index (χ3n) is 2.97. The van der Waals surface area contributed by atoms with Gasteiger partial charge in [-0.1, -0.05) is 0 Å². The largest absolute Gasteiger partial charge is 0.326 e. The summed E-state index contributed by atoms with van der Waals surface area (Å²) in [5, 5.41) is 0.979. The van der Waals surface area contributed by atoms with E-state index < -0.39 is 0 Å².